The van der Waals surface area contributed by atoms with Crippen LogP contribution in [0.1, 0.15) is 18.4 Å². The van der Waals surface area contributed by atoms with Crippen molar-refractivity contribution in [1.29, 1.82) is 0 Å². The Balaban J connectivity index is 2.10. The molecule has 0 aliphatic carbocycles. The van der Waals surface area contributed by atoms with Gasteiger partial charge in [0.1, 0.15) is 5.82 Å². The van der Waals surface area contributed by atoms with Crippen LogP contribution >= 0.6 is 11.6 Å². The number of nitrogens with zero attached hydrogens (tertiary/aromatic N) is 1. The topological polar surface area (TPSA) is 20.3 Å². The Labute approximate surface area is 92.6 Å². The van der Waals surface area contributed by atoms with E-state index in [4.69, 9.17) is 11.6 Å². The van der Waals surface area contributed by atoms with Crippen molar-refractivity contribution in [3.8, 4) is 0 Å². The van der Waals surface area contributed by atoms with E-state index >= 15 is 0 Å². The first-order valence-electron chi connectivity index (χ1n) is 4.88. The normalized spacial score (nSPS) is 16.1. The highest BCUT2D eigenvalue weighted by atomic mass is 35.5. The summed E-state index contributed by atoms with van der Waals surface area (Å²) in [5, 5.41) is 0.117. The summed E-state index contributed by atoms with van der Waals surface area (Å²) in [6.45, 7) is 1.25. The zero-order valence-electron chi connectivity index (χ0n) is 8.17. The summed E-state index contributed by atoms with van der Waals surface area (Å²) in [5.74, 6) is -0.286. The van der Waals surface area contributed by atoms with Gasteiger partial charge in [-0.2, -0.15) is 0 Å². The molecule has 1 amide bonds. The molecule has 80 valence electrons. The highest BCUT2D eigenvalue weighted by Crippen LogP contribution is 2.19. The van der Waals surface area contributed by atoms with Gasteiger partial charge in [0.15, 0.2) is 0 Å². The summed E-state index contributed by atoms with van der Waals surface area (Å²) in [7, 11) is 0. The van der Waals surface area contributed by atoms with E-state index < -0.39 is 5.82 Å². The standard InChI is InChI=1S/C11H11ClFNO/c12-9-4-3-8(6-10(9)13)7-14-5-1-2-11(14)15/h3-4,6H,1-2,5,7H2. The third-order valence-electron chi connectivity index (χ3n) is 2.53. The number of likely N-dealkylation sites (tertiary alicyclic amines) is 1. The molecular weight excluding hydrogens is 217 g/mol. The fourth-order valence-electron chi connectivity index (χ4n) is 1.73. The quantitative estimate of drug-likeness (QED) is 0.761. The summed E-state index contributed by atoms with van der Waals surface area (Å²) in [4.78, 5) is 13.1. The second-order valence-electron chi connectivity index (χ2n) is 3.67. The summed E-state index contributed by atoms with van der Waals surface area (Å²) in [6.07, 6.45) is 1.50. The average molecular weight is 228 g/mol. The molecule has 0 N–H and O–H groups in total. The average Bonchev–Trinajstić information content (AvgIpc) is 2.59. The van der Waals surface area contributed by atoms with Crippen molar-refractivity contribution in [1.82, 2.24) is 4.90 Å². The number of carbonyl (C=O) groups excluding carboxylic acids is 1. The van der Waals surface area contributed by atoms with Crippen LogP contribution in [0, 0.1) is 5.82 Å². The minimum atomic E-state index is -0.430. The van der Waals surface area contributed by atoms with Crippen LogP contribution in [0.25, 0.3) is 0 Å². The van der Waals surface area contributed by atoms with Gasteiger partial charge in [-0.15, -0.1) is 0 Å². The summed E-state index contributed by atoms with van der Waals surface area (Å²) in [6, 6.07) is 4.65. The number of halogens is 2. The highest BCUT2D eigenvalue weighted by Gasteiger charge is 2.20. The largest absolute Gasteiger partial charge is 0.338 e. The van der Waals surface area contributed by atoms with Crippen LogP contribution in [0.15, 0.2) is 18.2 Å². The fraction of sp³-hybridized carbons (Fsp3) is 0.364. The van der Waals surface area contributed by atoms with E-state index in [1.165, 1.54) is 12.1 Å². The molecule has 1 saturated heterocycles. The maximum Gasteiger partial charge on any atom is 0.222 e. The molecule has 0 atom stereocenters. The minimum Gasteiger partial charge on any atom is -0.338 e. The van der Waals surface area contributed by atoms with E-state index in [0.29, 0.717) is 13.0 Å². The Kier molecular flexibility index (Phi) is 2.91. The summed E-state index contributed by atoms with van der Waals surface area (Å²) < 4.78 is 13.1. The molecule has 15 heavy (non-hydrogen) atoms. The molecule has 2 nitrogen and oxygen atoms in total. The molecule has 1 fully saturated rings. The van der Waals surface area contributed by atoms with E-state index in [0.717, 1.165) is 18.5 Å². The lowest BCUT2D eigenvalue weighted by molar-refractivity contribution is -0.128. The number of rotatable bonds is 2. The van der Waals surface area contributed by atoms with Crippen molar-refractivity contribution < 1.29 is 9.18 Å². The molecule has 1 heterocycles. The molecule has 0 aromatic heterocycles. The van der Waals surface area contributed by atoms with Crippen molar-refractivity contribution in [3.05, 3.63) is 34.6 Å². The van der Waals surface area contributed by atoms with Gasteiger partial charge >= 0.3 is 0 Å². The first-order chi connectivity index (χ1) is 7.16. The van der Waals surface area contributed by atoms with E-state index in [1.54, 1.807) is 11.0 Å². The molecule has 0 radical (unpaired) electrons. The van der Waals surface area contributed by atoms with Crippen molar-refractivity contribution in [3.63, 3.8) is 0 Å². The fourth-order valence-corrected chi connectivity index (χ4v) is 1.85. The van der Waals surface area contributed by atoms with Crippen molar-refractivity contribution in [2.45, 2.75) is 19.4 Å². The number of amides is 1. The Hall–Kier alpha value is -1.09. The first-order valence-corrected chi connectivity index (χ1v) is 5.26. The molecule has 1 aromatic rings. The van der Waals surface area contributed by atoms with E-state index in [-0.39, 0.29) is 10.9 Å². The molecule has 0 saturated carbocycles. The van der Waals surface area contributed by atoms with Crippen molar-refractivity contribution in [2.75, 3.05) is 6.54 Å². The Morgan fingerprint density at radius 2 is 2.27 bits per heavy atom. The van der Waals surface area contributed by atoms with E-state index in [1.807, 2.05) is 0 Å². The molecule has 0 spiro atoms. The van der Waals surface area contributed by atoms with Gasteiger partial charge in [0.05, 0.1) is 5.02 Å². The van der Waals surface area contributed by atoms with Gasteiger partial charge in [-0.25, -0.2) is 4.39 Å². The van der Waals surface area contributed by atoms with E-state index in [9.17, 15) is 9.18 Å². The van der Waals surface area contributed by atoms with Gasteiger partial charge in [-0.3, -0.25) is 4.79 Å². The molecule has 1 aliphatic rings. The second kappa shape index (κ2) is 4.19. The van der Waals surface area contributed by atoms with Gasteiger partial charge in [0.2, 0.25) is 5.91 Å². The van der Waals surface area contributed by atoms with Crippen LogP contribution < -0.4 is 0 Å². The van der Waals surface area contributed by atoms with Crippen molar-refractivity contribution in [2.24, 2.45) is 0 Å². The second-order valence-corrected chi connectivity index (χ2v) is 4.07. The third-order valence-corrected chi connectivity index (χ3v) is 2.84. The molecule has 1 aliphatic heterocycles. The highest BCUT2D eigenvalue weighted by molar-refractivity contribution is 6.30. The third kappa shape index (κ3) is 2.29. The maximum absolute atomic E-state index is 13.1. The molecule has 1 aromatic carbocycles. The van der Waals surface area contributed by atoms with Crippen LogP contribution in [0.3, 0.4) is 0 Å². The molecule has 0 unspecified atom stereocenters. The van der Waals surface area contributed by atoms with Crippen LogP contribution in [-0.2, 0) is 11.3 Å². The lowest BCUT2D eigenvalue weighted by Gasteiger charge is -2.15. The smallest absolute Gasteiger partial charge is 0.222 e. The van der Waals surface area contributed by atoms with Gasteiger partial charge in [-0.1, -0.05) is 17.7 Å². The predicted octanol–water partition coefficient (Wildman–Crippen LogP) is 2.60. The van der Waals surface area contributed by atoms with Gasteiger partial charge in [0, 0.05) is 19.5 Å². The Bertz CT molecular complexity index is 394. The van der Waals surface area contributed by atoms with Crippen LogP contribution in [-0.4, -0.2) is 17.4 Å². The van der Waals surface area contributed by atoms with Gasteiger partial charge in [0.25, 0.3) is 0 Å². The van der Waals surface area contributed by atoms with Crippen LogP contribution in [0.4, 0.5) is 4.39 Å². The van der Waals surface area contributed by atoms with Crippen LogP contribution in [0.5, 0.6) is 0 Å². The Morgan fingerprint density at radius 3 is 2.87 bits per heavy atom. The summed E-state index contributed by atoms with van der Waals surface area (Å²) >= 11 is 5.57. The lowest BCUT2D eigenvalue weighted by atomic mass is 10.2. The number of hydrogen-bond acceptors (Lipinski definition) is 1. The molecular formula is C11H11ClFNO. The number of hydrogen-bond donors (Lipinski definition) is 0. The van der Waals surface area contributed by atoms with Gasteiger partial charge < -0.3 is 4.90 Å². The number of benzene rings is 1. The lowest BCUT2D eigenvalue weighted by Crippen LogP contribution is -2.23. The molecule has 0 bridgehead atoms. The SMILES string of the molecule is O=C1CCCN1Cc1ccc(Cl)c(F)c1. The zero-order valence-corrected chi connectivity index (χ0v) is 8.93. The maximum atomic E-state index is 13.1. The van der Waals surface area contributed by atoms with Gasteiger partial charge in [-0.05, 0) is 24.1 Å². The molecule has 2 rings (SSSR count). The minimum absolute atomic E-state index is 0.117. The predicted molar refractivity (Wildman–Crippen MR) is 56.1 cm³/mol. The van der Waals surface area contributed by atoms with Crippen LogP contribution in [0.2, 0.25) is 5.02 Å². The molecule has 4 heteroatoms. The van der Waals surface area contributed by atoms with E-state index in [2.05, 4.69) is 0 Å². The van der Waals surface area contributed by atoms with Crippen molar-refractivity contribution >= 4 is 17.5 Å². The first kappa shape index (κ1) is 10.4. The Morgan fingerprint density at radius 1 is 1.47 bits per heavy atom. The zero-order chi connectivity index (χ0) is 10.8. The monoisotopic (exact) mass is 227 g/mol. The summed E-state index contributed by atoms with van der Waals surface area (Å²) in [5.41, 5.74) is 0.784. The number of carbonyl (C=O) groups is 1.